The number of fused-ring (bicyclic) bond motifs is 1. The summed E-state index contributed by atoms with van der Waals surface area (Å²) in [5.41, 5.74) is 2.93. The number of methoxy groups -OCH3 is 1. The van der Waals surface area contributed by atoms with Crippen molar-refractivity contribution in [1.29, 1.82) is 0 Å². The van der Waals surface area contributed by atoms with Gasteiger partial charge in [0.05, 0.1) is 18.4 Å². The Morgan fingerprint density at radius 3 is 2.66 bits per heavy atom. The number of carbonyl (C=O) groups excluding carboxylic acids is 1. The van der Waals surface area contributed by atoms with Crippen LogP contribution in [0.1, 0.15) is 12.5 Å². The first-order valence-electron chi connectivity index (χ1n) is 10.5. The third-order valence-corrected chi connectivity index (χ3v) is 6.26. The highest BCUT2D eigenvalue weighted by molar-refractivity contribution is 8.00. The monoisotopic (exact) mass is 446 g/mol. The number of hydrogen-bond donors (Lipinski definition) is 1. The molecule has 1 unspecified atom stereocenters. The van der Waals surface area contributed by atoms with Gasteiger partial charge in [-0.25, -0.2) is 0 Å². The molecule has 1 heterocycles. The quantitative estimate of drug-likeness (QED) is 0.378. The van der Waals surface area contributed by atoms with Crippen LogP contribution in [-0.2, 0) is 16.1 Å². The summed E-state index contributed by atoms with van der Waals surface area (Å²) in [6.07, 6.45) is 0. The zero-order valence-electron chi connectivity index (χ0n) is 18.4. The molecule has 7 heteroatoms. The van der Waals surface area contributed by atoms with E-state index in [0.29, 0.717) is 18.3 Å². The van der Waals surface area contributed by atoms with Crippen LogP contribution in [0.4, 0.5) is 5.69 Å². The SMILES string of the molecule is COCCn1c(SC(C)C(=O)Nc2ccc3ccccc3c2)nnc1-c1cccc(C)c1. The molecule has 4 aromatic rings. The summed E-state index contributed by atoms with van der Waals surface area (Å²) < 4.78 is 7.30. The lowest BCUT2D eigenvalue weighted by molar-refractivity contribution is -0.115. The maximum Gasteiger partial charge on any atom is 0.237 e. The molecule has 1 N–H and O–H groups in total. The fourth-order valence-corrected chi connectivity index (χ4v) is 4.36. The van der Waals surface area contributed by atoms with E-state index in [1.165, 1.54) is 11.8 Å². The molecular weight excluding hydrogens is 420 g/mol. The van der Waals surface area contributed by atoms with Gasteiger partial charge >= 0.3 is 0 Å². The molecule has 0 saturated carbocycles. The standard InChI is InChI=1S/C25H26N4O2S/c1-17-7-6-10-21(15-17)23-27-28-25(29(23)13-14-31-3)32-18(2)24(30)26-22-12-11-19-8-4-5-9-20(19)16-22/h4-12,15-16,18H,13-14H2,1-3H3,(H,26,30). The van der Waals surface area contributed by atoms with Crippen molar-refractivity contribution in [2.24, 2.45) is 0 Å². The zero-order valence-corrected chi connectivity index (χ0v) is 19.2. The van der Waals surface area contributed by atoms with E-state index in [1.54, 1.807) is 7.11 Å². The van der Waals surface area contributed by atoms with Gasteiger partial charge < -0.3 is 10.1 Å². The van der Waals surface area contributed by atoms with Crippen molar-refractivity contribution in [1.82, 2.24) is 14.8 Å². The van der Waals surface area contributed by atoms with Crippen molar-refractivity contribution >= 4 is 34.1 Å². The molecule has 6 nitrogen and oxygen atoms in total. The molecule has 0 aliphatic carbocycles. The van der Waals surface area contributed by atoms with Crippen LogP contribution in [-0.4, -0.2) is 39.6 Å². The van der Waals surface area contributed by atoms with E-state index in [2.05, 4.69) is 27.6 Å². The summed E-state index contributed by atoms with van der Waals surface area (Å²) in [7, 11) is 1.67. The van der Waals surface area contributed by atoms with Crippen molar-refractivity contribution in [2.45, 2.75) is 30.8 Å². The lowest BCUT2D eigenvalue weighted by atomic mass is 10.1. The van der Waals surface area contributed by atoms with Gasteiger partial charge in [-0.05, 0) is 42.8 Å². The molecule has 1 atom stereocenters. The number of aryl methyl sites for hydroxylation is 1. The summed E-state index contributed by atoms with van der Waals surface area (Å²) in [5.74, 6) is 0.694. The third-order valence-electron chi connectivity index (χ3n) is 5.18. The Labute approximate surface area is 192 Å². The number of amides is 1. The molecule has 3 aromatic carbocycles. The maximum atomic E-state index is 12.9. The van der Waals surface area contributed by atoms with Gasteiger partial charge in [0.25, 0.3) is 0 Å². The first-order chi connectivity index (χ1) is 15.5. The van der Waals surface area contributed by atoms with E-state index in [-0.39, 0.29) is 11.2 Å². The number of aromatic nitrogens is 3. The minimum Gasteiger partial charge on any atom is -0.383 e. The normalized spacial score (nSPS) is 12.1. The van der Waals surface area contributed by atoms with Crippen molar-refractivity contribution < 1.29 is 9.53 Å². The largest absolute Gasteiger partial charge is 0.383 e. The number of nitrogens with one attached hydrogen (secondary N) is 1. The molecular formula is C25H26N4O2S. The van der Waals surface area contributed by atoms with Gasteiger partial charge in [0.1, 0.15) is 0 Å². The van der Waals surface area contributed by atoms with E-state index in [4.69, 9.17) is 4.74 Å². The van der Waals surface area contributed by atoms with Gasteiger partial charge in [-0.3, -0.25) is 9.36 Å². The van der Waals surface area contributed by atoms with Gasteiger partial charge in [0.15, 0.2) is 11.0 Å². The highest BCUT2D eigenvalue weighted by Gasteiger charge is 2.21. The molecule has 164 valence electrons. The number of anilines is 1. The summed E-state index contributed by atoms with van der Waals surface area (Å²) >= 11 is 1.39. The molecule has 1 amide bonds. The predicted molar refractivity (Wildman–Crippen MR) is 130 cm³/mol. The number of ether oxygens (including phenoxy) is 1. The van der Waals surface area contributed by atoms with Crippen molar-refractivity contribution in [2.75, 3.05) is 19.0 Å². The summed E-state index contributed by atoms with van der Waals surface area (Å²) in [6.45, 7) is 5.06. The van der Waals surface area contributed by atoms with Gasteiger partial charge in [0.2, 0.25) is 5.91 Å². The number of benzene rings is 3. The third kappa shape index (κ3) is 5.00. The Morgan fingerprint density at radius 2 is 1.88 bits per heavy atom. The van der Waals surface area contributed by atoms with Crippen LogP contribution in [0, 0.1) is 6.92 Å². The van der Waals surface area contributed by atoms with Crippen LogP contribution < -0.4 is 5.32 Å². The van der Waals surface area contributed by atoms with Crippen LogP contribution >= 0.6 is 11.8 Å². The minimum atomic E-state index is -0.350. The molecule has 0 fully saturated rings. The van der Waals surface area contributed by atoms with Gasteiger partial charge in [-0.1, -0.05) is 65.9 Å². The number of carbonyl (C=O) groups is 1. The van der Waals surface area contributed by atoms with Gasteiger partial charge in [-0.2, -0.15) is 0 Å². The molecule has 0 aliphatic heterocycles. The average Bonchev–Trinajstić information content (AvgIpc) is 3.19. The maximum absolute atomic E-state index is 12.9. The van der Waals surface area contributed by atoms with Crippen molar-refractivity contribution in [3.8, 4) is 11.4 Å². The topological polar surface area (TPSA) is 69.0 Å². The second-order valence-electron chi connectivity index (χ2n) is 7.63. The fourth-order valence-electron chi connectivity index (χ4n) is 3.48. The Morgan fingerprint density at radius 1 is 1.06 bits per heavy atom. The van der Waals surface area contributed by atoms with Crippen molar-refractivity contribution in [3.63, 3.8) is 0 Å². The minimum absolute atomic E-state index is 0.0799. The molecule has 32 heavy (non-hydrogen) atoms. The average molecular weight is 447 g/mol. The molecule has 4 rings (SSSR count). The Balaban J connectivity index is 1.52. The second-order valence-corrected chi connectivity index (χ2v) is 8.94. The molecule has 0 aliphatic rings. The zero-order chi connectivity index (χ0) is 22.5. The van der Waals surface area contributed by atoms with Crippen LogP contribution in [0.5, 0.6) is 0 Å². The highest BCUT2D eigenvalue weighted by atomic mass is 32.2. The van der Waals surface area contributed by atoms with E-state index in [9.17, 15) is 4.79 Å². The second kappa shape index (κ2) is 9.97. The summed E-state index contributed by atoms with van der Waals surface area (Å²) in [5, 5.41) is 14.4. The van der Waals surface area contributed by atoms with Gasteiger partial charge in [-0.15, -0.1) is 10.2 Å². The Bertz CT molecular complexity index is 1240. The highest BCUT2D eigenvalue weighted by Crippen LogP contribution is 2.28. The Hall–Kier alpha value is -3.16. The first kappa shape index (κ1) is 22.0. The smallest absolute Gasteiger partial charge is 0.237 e. The van der Waals surface area contributed by atoms with E-state index in [1.807, 2.05) is 73.0 Å². The van der Waals surface area contributed by atoms with E-state index in [0.717, 1.165) is 33.4 Å². The predicted octanol–water partition coefficient (Wildman–Crippen LogP) is 5.17. The Kier molecular flexibility index (Phi) is 6.87. The summed E-state index contributed by atoms with van der Waals surface area (Å²) in [4.78, 5) is 12.9. The number of nitrogens with zero attached hydrogens (tertiary/aromatic N) is 3. The first-order valence-corrected chi connectivity index (χ1v) is 11.4. The molecule has 1 aromatic heterocycles. The van der Waals surface area contributed by atoms with Crippen LogP contribution in [0.3, 0.4) is 0 Å². The number of hydrogen-bond acceptors (Lipinski definition) is 5. The fraction of sp³-hybridized carbons (Fsp3) is 0.240. The van der Waals surface area contributed by atoms with Crippen LogP contribution in [0.15, 0.2) is 71.9 Å². The lowest BCUT2D eigenvalue weighted by Crippen LogP contribution is -2.23. The van der Waals surface area contributed by atoms with Gasteiger partial charge in [0, 0.05) is 18.4 Å². The molecule has 0 spiro atoms. The van der Waals surface area contributed by atoms with E-state index < -0.39 is 0 Å². The number of thioether (sulfide) groups is 1. The summed E-state index contributed by atoms with van der Waals surface area (Å²) in [6, 6.07) is 22.2. The molecule has 0 radical (unpaired) electrons. The molecule has 0 bridgehead atoms. The number of rotatable bonds is 8. The van der Waals surface area contributed by atoms with E-state index >= 15 is 0 Å². The van der Waals surface area contributed by atoms with Crippen LogP contribution in [0.25, 0.3) is 22.2 Å². The van der Waals surface area contributed by atoms with Crippen LogP contribution in [0.2, 0.25) is 0 Å². The lowest BCUT2D eigenvalue weighted by Gasteiger charge is -2.14. The molecule has 0 saturated heterocycles. The van der Waals surface area contributed by atoms with Crippen molar-refractivity contribution in [3.05, 3.63) is 72.3 Å².